The zero-order valence-electron chi connectivity index (χ0n) is 21.2. The van der Waals surface area contributed by atoms with Gasteiger partial charge in [0, 0.05) is 17.0 Å². The van der Waals surface area contributed by atoms with Gasteiger partial charge >= 0.3 is 0 Å². The number of benzene rings is 4. The SMILES string of the molecule is Cc1c2c(c(C(C)C)c3ccccc13)Oc1cc3c([Si](C)(C)C)cccc3c3cc[n+](C)c-2c13. The number of aryl methyl sites for hydroxylation is 2. The lowest BCUT2D eigenvalue weighted by Gasteiger charge is -2.27. The third-order valence-corrected chi connectivity index (χ3v) is 9.60. The highest BCUT2D eigenvalue weighted by atomic mass is 28.3. The normalized spacial score (nSPS) is 13.1. The first kappa shape index (κ1) is 21.4. The summed E-state index contributed by atoms with van der Waals surface area (Å²) in [4.78, 5) is 0. The van der Waals surface area contributed by atoms with Gasteiger partial charge in [0.05, 0.1) is 19.0 Å². The molecule has 0 N–H and O–H groups in total. The summed E-state index contributed by atoms with van der Waals surface area (Å²) in [5.41, 5.74) is 5.10. The smallest absolute Gasteiger partial charge is 0.228 e. The molecule has 0 radical (unpaired) electrons. The molecule has 170 valence electrons. The zero-order valence-corrected chi connectivity index (χ0v) is 22.2. The molecule has 0 aliphatic carbocycles. The molecule has 3 heteroatoms. The second-order valence-electron chi connectivity index (χ2n) is 11.1. The Bertz CT molecular complexity index is 1660. The Labute approximate surface area is 202 Å². The van der Waals surface area contributed by atoms with Gasteiger partial charge in [0.15, 0.2) is 6.20 Å². The van der Waals surface area contributed by atoms with Crippen molar-refractivity contribution in [3.05, 3.63) is 71.9 Å². The molecule has 0 saturated heterocycles. The van der Waals surface area contributed by atoms with Gasteiger partial charge in [0.25, 0.3) is 0 Å². The van der Waals surface area contributed by atoms with E-state index in [0.29, 0.717) is 5.92 Å². The summed E-state index contributed by atoms with van der Waals surface area (Å²) in [5.74, 6) is 2.37. The van der Waals surface area contributed by atoms with Gasteiger partial charge in [-0.05, 0) is 46.0 Å². The highest BCUT2D eigenvalue weighted by Gasteiger charge is 2.34. The maximum atomic E-state index is 6.96. The van der Waals surface area contributed by atoms with Crippen molar-refractivity contribution >= 4 is 45.6 Å². The first-order valence-corrected chi connectivity index (χ1v) is 15.8. The van der Waals surface area contributed by atoms with Crippen LogP contribution in [0.4, 0.5) is 0 Å². The molecule has 1 aromatic heterocycles. The minimum atomic E-state index is -1.53. The van der Waals surface area contributed by atoms with Gasteiger partial charge in [0.1, 0.15) is 18.5 Å². The molecule has 1 aliphatic heterocycles. The molecular weight excluding hydrogens is 430 g/mol. The van der Waals surface area contributed by atoms with E-state index in [-0.39, 0.29) is 0 Å². The van der Waals surface area contributed by atoms with E-state index in [2.05, 4.69) is 113 Å². The van der Waals surface area contributed by atoms with Crippen molar-refractivity contribution in [1.82, 2.24) is 0 Å². The number of fused-ring (bicyclic) bond motifs is 5. The van der Waals surface area contributed by atoms with Crippen molar-refractivity contribution in [2.45, 2.75) is 46.3 Å². The molecule has 5 aromatic rings. The van der Waals surface area contributed by atoms with Crippen LogP contribution in [-0.2, 0) is 7.05 Å². The predicted octanol–water partition coefficient (Wildman–Crippen LogP) is 7.72. The summed E-state index contributed by atoms with van der Waals surface area (Å²) in [7, 11) is 0.633. The van der Waals surface area contributed by atoms with Crippen LogP contribution in [0.3, 0.4) is 0 Å². The molecule has 4 aromatic carbocycles. The average Bonchev–Trinajstić information content (AvgIpc) is 2.79. The molecule has 0 saturated carbocycles. The van der Waals surface area contributed by atoms with Crippen molar-refractivity contribution in [3.63, 3.8) is 0 Å². The highest BCUT2D eigenvalue weighted by Crippen LogP contribution is 2.53. The molecule has 0 atom stereocenters. The Balaban J connectivity index is 1.84. The van der Waals surface area contributed by atoms with Gasteiger partial charge in [-0.3, -0.25) is 0 Å². The van der Waals surface area contributed by atoms with E-state index in [4.69, 9.17) is 4.74 Å². The molecule has 0 fully saturated rings. The zero-order chi connectivity index (χ0) is 23.9. The quantitative estimate of drug-likeness (QED) is 0.146. The minimum Gasteiger partial charge on any atom is -0.455 e. The van der Waals surface area contributed by atoms with Crippen molar-refractivity contribution in [3.8, 4) is 22.8 Å². The van der Waals surface area contributed by atoms with Gasteiger partial charge in [-0.1, -0.05) is 81.1 Å². The van der Waals surface area contributed by atoms with Crippen LogP contribution in [0, 0.1) is 6.92 Å². The van der Waals surface area contributed by atoms with Crippen LogP contribution >= 0.6 is 0 Å². The number of nitrogens with zero attached hydrogens (tertiary/aromatic N) is 1. The van der Waals surface area contributed by atoms with Crippen LogP contribution < -0.4 is 14.5 Å². The van der Waals surface area contributed by atoms with Crippen molar-refractivity contribution in [1.29, 1.82) is 0 Å². The van der Waals surface area contributed by atoms with E-state index < -0.39 is 8.07 Å². The summed E-state index contributed by atoms with van der Waals surface area (Å²) in [5, 5.41) is 9.29. The van der Waals surface area contributed by atoms with Crippen molar-refractivity contribution in [2.75, 3.05) is 0 Å². The van der Waals surface area contributed by atoms with Crippen molar-refractivity contribution in [2.24, 2.45) is 7.05 Å². The third kappa shape index (κ3) is 2.83. The molecule has 2 heterocycles. The Morgan fingerprint density at radius 3 is 2.24 bits per heavy atom. The minimum absolute atomic E-state index is 0.350. The highest BCUT2D eigenvalue weighted by molar-refractivity contribution is 6.90. The fourth-order valence-corrected chi connectivity index (χ4v) is 7.61. The fraction of sp³-hybridized carbons (Fsp3) is 0.258. The van der Waals surface area contributed by atoms with Crippen LogP contribution in [0.1, 0.15) is 30.9 Å². The van der Waals surface area contributed by atoms with Crippen LogP contribution in [0.2, 0.25) is 19.6 Å². The van der Waals surface area contributed by atoms with Gasteiger partial charge in [0.2, 0.25) is 5.69 Å². The van der Waals surface area contributed by atoms with Crippen LogP contribution in [-0.4, -0.2) is 8.07 Å². The lowest BCUT2D eigenvalue weighted by atomic mass is 9.85. The Hall–Kier alpha value is -3.17. The number of pyridine rings is 1. The fourth-order valence-electron chi connectivity index (χ4n) is 6.00. The largest absolute Gasteiger partial charge is 0.455 e. The molecule has 1 aliphatic rings. The van der Waals surface area contributed by atoms with Crippen LogP contribution in [0.25, 0.3) is 43.6 Å². The maximum absolute atomic E-state index is 6.96. The lowest BCUT2D eigenvalue weighted by molar-refractivity contribution is -0.659. The molecule has 0 bridgehead atoms. The van der Waals surface area contributed by atoms with Gasteiger partial charge in [-0.2, -0.15) is 0 Å². The Kier molecular flexibility index (Phi) is 4.50. The van der Waals surface area contributed by atoms with Gasteiger partial charge < -0.3 is 4.74 Å². The molecule has 0 unspecified atom stereocenters. The van der Waals surface area contributed by atoms with E-state index in [0.717, 1.165) is 11.5 Å². The van der Waals surface area contributed by atoms with E-state index in [1.54, 1.807) is 0 Å². The monoisotopic (exact) mass is 462 g/mol. The van der Waals surface area contributed by atoms with Crippen LogP contribution in [0.15, 0.2) is 60.8 Å². The summed E-state index contributed by atoms with van der Waals surface area (Å²) in [6, 6.07) is 20.2. The summed E-state index contributed by atoms with van der Waals surface area (Å²) >= 11 is 0. The van der Waals surface area contributed by atoms with E-state index in [1.165, 1.54) is 59.9 Å². The molecular formula is C31H32NOSi+. The predicted molar refractivity (Wildman–Crippen MR) is 147 cm³/mol. The van der Waals surface area contributed by atoms with E-state index in [1.807, 2.05) is 0 Å². The Morgan fingerprint density at radius 2 is 1.53 bits per heavy atom. The van der Waals surface area contributed by atoms with Crippen LogP contribution in [0.5, 0.6) is 11.5 Å². The molecule has 0 spiro atoms. The Morgan fingerprint density at radius 1 is 0.824 bits per heavy atom. The molecule has 6 rings (SSSR count). The molecule has 0 amide bonds. The van der Waals surface area contributed by atoms with Gasteiger partial charge in [-0.15, -0.1) is 0 Å². The first-order chi connectivity index (χ1) is 16.2. The van der Waals surface area contributed by atoms with Crippen molar-refractivity contribution < 1.29 is 9.30 Å². The van der Waals surface area contributed by atoms with E-state index in [9.17, 15) is 0 Å². The molecule has 2 nitrogen and oxygen atoms in total. The maximum Gasteiger partial charge on any atom is 0.228 e. The number of aromatic nitrogens is 1. The molecule has 34 heavy (non-hydrogen) atoms. The average molecular weight is 463 g/mol. The first-order valence-electron chi connectivity index (χ1n) is 12.3. The topological polar surface area (TPSA) is 13.1 Å². The third-order valence-electron chi connectivity index (χ3n) is 7.54. The second kappa shape index (κ2) is 7.16. The lowest BCUT2D eigenvalue weighted by Crippen LogP contribution is -2.38. The van der Waals surface area contributed by atoms with Gasteiger partial charge in [-0.25, -0.2) is 4.57 Å². The number of ether oxygens (including phenoxy) is 1. The number of hydrogen-bond acceptors (Lipinski definition) is 1. The summed E-state index contributed by atoms with van der Waals surface area (Å²) < 4.78 is 9.25. The number of hydrogen-bond donors (Lipinski definition) is 0. The second-order valence-corrected chi connectivity index (χ2v) is 16.2. The summed E-state index contributed by atoms with van der Waals surface area (Å²) in [6.07, 6.45) is 2.22. The standard InChI is InChI=1S/C31H32NOSi/c1-18(2)27-22-12-9-8-11-20(22)19(3)28-30-29-23(15-16-32(30)4)21-13-10-14-26(34(5,6)7)24(21)17-25(29)33-31(27)28/h8-18H,1-7H3/q+1. The number of rotatable bonds is 2. The summed E-state index contributed by atoms with van der Waals surface area (Å²) in [6.45, 7) is 14.1. The van der Waals surface area contributed by atoms with E-state index >= 15 is 0 Å².